The van der Waals surface area contributed by atoms with E-state index in [1.165, 1.54) is 4.31 Å². The number of urea groups is 1. The molecule has 24 heavy (non-hydrogen) atoms. The van der Waals surface area contributed by atoms with Crippen LogP contribution in [-0.4, -0.2) is 67.8 Å². The van der Waals surface area contributed by atoms with E-state index in [4.69, 9.17) is 0 Å². The SMILES string of the molecule is Cc1cc(S(=O)(=O)N2CCN(C(=O)N3CCCC3)CC2)ccc1Br. The maximum Gasteiger partial charge on any atom is 0.320 e. The second kappa shape index (κ2) is 7.01. The number of likely N-dealkylation sites (tertiary alicyclic amines) is 1. The lowest BCUT2D eigenvalue weighted by molar-refractivity contribution is 0.142. The van der Waals surface area contributed by atoms with E-state index in [2.05, 4.69) is 15.9 Å². The van der Waals surface area contributed by atoms with Gasteiger partial charge in [-0.25, -0.2) is 13.2 Å². The second-order valence-corrected chi connectivity index (χ2v) is 9.07. The monoisotopic (exact) mass is 415 g/mol. The molecule has 2 fully saturated rings. The van der Waals surface area contributed by atoms with Crippen molar-refractivity contribution in [2.75, 3.05) is 39.3 Å². The van der Waals surface area contributed by atoms with Gasteiger partial charge >= 0.3 is 6.03 Å². The maximum atomic E-state index is 12.8. The van der Waals surface area contributed by atoms with E-state index in [0.29, 0.717) is 31.1 Å². The van der Waals surface area contributed by atoms with E-state index >= 15 is 0 Å². The number of carbonyl (C=O) groups excluding carboxylic acids is 1. The number of hydrogen-bond acceptors (Lipinski definition) is 3. The number of nitrogens with zero attached hydrogens (tertiary/aromatic N) is 3. The van der Waals surface area contributed by atoms with Crippen molar-refractivity contribution in [3.63, 3.8) is 0 Å². The lowest BCUT2D eigenvalue weighted by Crippen LogP contribution is -2.53. The van der Waals surface area contributed by atoms with Crippen LogP contribution in [0.25, 0.3) is 0 Å². The standard InChI is InChI=1S/C16H22BrN3O3S/c1-13-12-14(4-5-15(13)17)24(22,23)20-10-8-19(9-11-20)16(21)18-6-2-3-7-18/h4-5,12H,2-3,6-11H2,1H3. The van der Waals surface area contributed by atoms with E-state index in [-0.39, 0.29) is 6.03 Å². The first-order chi connectivity index (χ1) is 11.4. The molecule has 0 unspecified atom stereocenters. The minimum Gasteiger partial charge on any atom is -0.325 e. The molecule has 0 aliphatic carbocycles. The predicted octanol–water partition coefficient (Wildman–Crippen LogP) is 2.28. The van der Waals surface area contributed by atoms with Crippen molar-refractivity contribution >= 4 is 32.0 Å². The minimum absolute atomic E-state index is 0.0454. The Bertz CT molecular complexity index is 724. The molecule has 1 aromatic rings. The highest BCUT2D eigenvalue weighted by Crippen LogP contribution is 2.23. The highest BCUT2D eigenvalue weighted by Gasteiger charge is 2.32. The first kappa shape index (κ1) is 17.7. The summed E-state index contributed by atoms with van der Waals surface area (Å²) < 4.78 is 27.9. The van der Waals surface area contributed by atoms with Crippen molar-refractivity contribution in [1.29, 1.82) is 0 Å². The van der Waals surface area contributed by atoms with Crippen LogP contribution < -0.4 is 0 Å². The molecule has 8 heteroatoms. The number of piperazine rings is 1. The maximum absolute atomic E-state index is 12.8. The van der Waals surface area contributed by atoms with E-state index in [0.717, 1.165) is 36.0 Å². The Hall–Kier alpha value is -1.12. The first-order valence-corrected chi connectivity index (χ1v) is 10.4. The molecule has 132 valence electrons. The Kier molecular flexibility index (Phi) is 5.17. The highest BCUT2D eigenvalue weighted by atomic mass is 79.9. The second-order valence-electron chi connectivity index (χ2n) is 6.28. The Morgan fingerprint density at radius 1 is 1.00 bits per heavy atom. The molecule has 3 rings (SSSR count). The van der Waals surface area contributed by atoms with Gasteiger partial charge in [-0.3, -0.25) is 0 Å². The summed E-state index contributed by atoms with van der Waals surface area (Å²) in [6, 6.07) is 5.11. The molecule has 2 saturated heterocycles. The molecular formula is C16H22BrN3O3S. The molecule has 2 aliphatic rings. The van der Waals surface area contributed by atoms with Gasteiger partial charge < -0.3 is 9.80 Å². The van der Waals surface area contributed by atoms with Crippen molar-refractivity contribution in [2.45, 2.75) is 24.7 Å². The highest BCUT2D eigenvalue weighted by molar-refractivity contribution is 9.10. The number of benzene rings is 1. The Balaban J connectivity index is 1.67. The summed E-state index contributed by atoms with van der Waals surface area (Å²) in [6.45, 7) is 5.09. The Morgan fingerprint density at radius 3 is 2.17 bits per heavy atom. The van der Waals surface area contributed by atoms with Gasteiger partial charge in [-0.15, -0.1) is 0 Å². The van der Waals surface area contributed by atoms with Gasteiger partial charge in [0, 0.05) is 43.7 Å². The third kappa shape index (κ3) is 3.45. The van der Waals surface area contributed by atoms with Crippen molar-refractivity contribution in [1.82, 2.24) is 14.1 Å². The molecule has 0 N–H and O–H groups in total. The molecule has 2 aliphatic heterocycles. The molecule has 0 aromatic heterocycles. The number of hydrogen-bond donors (Lipinski definition) is 0. The van der Waals surface area contributed by atoms with Crippen LogP contribution >= 0.6 is 15.9 Å². The topological polar surface area (TPSA) is 60.9 Å². The van der Waals surface area contributed by atoms with Gasteiger partial charge in [-0.1, -0.05) is 15.9 Å². The van der Waals surface area contributed by atoms with Gasteiger partial charge in [0.1, 0.15) is 0 Å². The summed E-state index contributed by atoms with van der Waals surface area (Å²) in [5.74, 6) is 0. The van der Waals surface area contributed by atoms with Gasteiger partial charge in [-0.2, -0.15) is 4.31 Å². The average molecular weight is 416 g/mol. The molecule has 0 spiro atoms. The molecule has 2 heterocycles. The van der Waals surface area contributed by atoms with Gasteiger partial charge in [0.25, 0.3) is 0 Å². The summed E-state index contributed by atoms with van der Waals surface area (Å²) in [5, 5.41) is 0. The van der Waals surface area contributed by atoms with E-state index < -0.39 is 10.0 Å². The largest absolute Gasteiger partial charge is 0.325 e. The number of carbonyl (C=O) groups is 1. The zero-order chi connectivity index (χ0) is 17.3. The van der Waals surface area contributed by atoms with Crippen LogP contribution in [0, 0.1) is 6.92 Å². The summed E-state index contributed by atoms with van der Waals surface area (Å²) >= 11 is 3.39. The van der Waals surface area contributed by atoms with Crippen LogP contribution in [0.15, 0.2) is 27.6 Å². The molecule has 1 aromatic carbocycles. The zero-order valence-electron chi connectivity index (χ0n) is 13.7. The van der Waals surface area contributed by atoms with Crippen LogP contribution in [0.5, 0.6) is 0 Å². The fourth-order valence-corrected chi connectivity index (χ4v) is 4.91. The molecule has 6 nitrogen and oxygen atoms in total. The zero-order valence-corrected chi connectivity index (χ0v) is 16.1. The number of sulfonamides is 1. The molecule has 0 bridgehead atoms. The minimum atomic E-state index is -3.51. The first-order valence-electron chi connectivity index (χ1n) is 8.20. The number of rotatable bonds is 2. The van der Waals surface area contributed by atoms with Gasteiger partial charge in [0.2, 0.25) is 10.0 Å². The van der Waals surface area contributed by atoms with Gasteiger partial charge in [0.05, 0.1) is 4.90 Å². The van der Waals surface area contributed by atoms with E-state index in [9.17, 15) is 13.2 Å². The normalized spacial score (nSPS) is 19.8. The molecule has 2 amide bonds. The third-order valence-electron chi connectivity index (χ3n) is 4.65. The van der Waals surface area contributed by atoms with Crippen LogP contribution in [0.3, 0.4) is 0 Å². The third-order valence-corrected chi connectivity index (χ3v) is 7.44. The summed E-state index contributed by atoms with van der Waals surface area (Å²) in [4.78, 5) is 16.3. The van der Waals surface area contributed by atoms with Crippen molar-refractivity contribution < 1.29 is 13.2 Å². The lowest BCUT2D eigenvalue weighted by Gasteiger charge is -2.36. The predicted molar refractivity (Wildman–Crippen MR) is 95.4 cm³/mol. The molecule has 0 atom stereocenters. The lowest BCUT2D eigenvalue weighted by atomic mass is 10.2. The fraction of sp³-hybridized carbons (Fsp3) is 0.562. The molecular weight excluding hydrogens is 394 g/mol. The van der Waals surface area contributed by atoms with Crippen LogP contribution in [0.1, 0.15) is 18.4 Å². The number of amides is 2. The van der Waals surface area contributed by atoms with Crippen molar-refractivity contribution in [3.05, 3.63) is 28.2 Å². The van der Waals surface area contributed by atoms with Crippen LogP contribution in [0.2, 0.25) is 0 Å². The van der Waals surface area contributed by atoms with Crippen LogP contribution in [-0.2, 0) is 10.0 Å². The quantitative estimate of drug-likeness (QED) is 0.743. The van der Waals surface area contributed by atoms with Crippen LogP contribution in [0.4, 0.5) is 4.79 Å². The Labute approximate surface area is 151 Å². The Morgan fingerprint density at radius 2 is 1.58 bits per heavy atom. The van der Waals surface area contributed by atoms with Gasteiger partial charge in [0.15, 0.2) is 0 Å². The van der Waals surface area contributed by atoms with Crippen molar-refractivity contribution in [2.24, 2.45) is 0 Å². The van der Waals surface area contributed by atoms with E-state index in [1.54, 1.807) is 23.1 Å². The molecule has 0 radical (unpaired) electrons. The fourth-order valence-electron chi connectivity index (χ4n) is 3.15. The smallest absolute Gasteiger partial charge is 0.320 e. The molecule has 0 saturated carbocycles. The number of aryl methyl sites for hydroxylation is 1. The average Bonchev–Trinajstić information content (AvgIpc) is 3.11. The van der Waals surface area contributed by atoms with Crippen molar-refractivity contribution in [3.8, 4) is 0 Å². The van der Waals surface area contributed by atoms with Gasteiger partial charge in [-0.05, 0) is 43.5 Å². The summed E-state index contributed by atoms with van der Waals surface area (Å²) in [5.41, 5.74) is 0.888. The summed E-state index contributed by atoms with van der Waals surface area (Å²) in [6.07, 6.45) is 2.12. The summed E-state index contributed by atoms with van der Waals surface area (Å²) in [7, 11) is -3.51. The van der Waals surface area contributed by atoms with E-state index in [1.807, 2.05) is 11.8 Å². The number of halogens is 1.